The van der Waals surface area contributed by atoms with Crippen LogP contribution >= 0.6 is 11.8 Å². The highest BCUT2D eigenvalue weighted by atomic mass is 32.2. The highest BCUT2D eigenvalue weighted by Crippen LogP contribution is 2.23. The molecule has 0 saturated heterocycles. The van der Waals surface area contributed by atoms with Gasteiger partial charge in [0, 0.05) is 17.7 Å². The normalized spacial score (nSPS) is 10.8. The van der Waals surface area contributed by atoms with Crippen molar-refractivity contribution in [3.05, 3.63) is 30.6 Å². The van der Waals surface area contributed by atoms with Gasteiger partial charge < -0.3 is 5.32 Å². The SMILES string of the molecule is CCNCCSc1ncnc2ccccc12. The van der Waals surface area contributed by atoms with Gasteiger partial charge in [0.25, 0.3) is 0 Å². The molecule has 3 nitrogen and oxygen atoms in total. The molecule has 0 aliphatic carbocycles. The second-order valence-corrected chi connectivity index (χ2v) is 4.48. The number of benzene rings is 1. The van der Waals surface area contributed by atoms with E-state index >= 15 is 0 Å². The topological polar surface area (TPSA) is 37.8 Å². The van der Waals surface area contributed by atoms with E-state index in [-0.39, 0.29) is 0 Å². The molecule has 0 amide bonds. The first-order valence-electron chi connectivity index (χ1n) is 5.45. The van der Waals surface area contributed by atoms with Crippen LogP contribution in [0.4, 0.5) is 0 Å². The fraction of sp³-hybridized carbons (Fsp3) is 0.333. The molecule has 84 valence electrons. The number of para-hydroxylation sites is 1. The molecule has 0 radical (unpaired) electrons. The lowest BCUT2D eigenvalue weighted by Crippen LogP contribution is -2.15. The molecule has 1 N–H and O–H groups in total. The predicted octanol–water partition coefficient (Wildman–Crippen LogP) is 2.33. The lowest BCUT2D eigenvalue weighted by Gasteiger charge is -2.04. The summed E-state index contributed by atoms with van der Waals surface area (Å²) in [5, 5.41) is 5.52. The summed E-state index contributed by atoms with van der Waals surface area (Å²) >= 11 is 1.78. The molecule has 1 heterocycles. The van der Waals surface area contributed by atoms with E-state index in [1.54, 1.807) is 18.1 Å². The van der Waals surface area contributed by atoms with Gasteiger partial charge in [0.05, 0.1) is 5.52 Å². The first kappa shape index (κ1) is 11.4. The molecule has 0 aliphatic heterocycles. The third-order valence-corrected chi connectivity index (χ3v) is 3.28. The van der Waals surface area contributed by atoms with Gasteiger partial charge in [-0.25, -0.2) is 9.97 Å². The monoisotopic (exact) mass is 233 g/mol. The summed E-state index contributed by atoms with van der Waals surface area (Å²) in [5.41, 5.74) is 1.02. The van der Waals surface area contributed by atoms with E-state index in [0.29, 0.717) is 0 Å². The number of fused-ring (bicyclic) bond motifs is 1. The summed E-state index contributed by atoms with van der Waals surface area (Å²) in [6.07, 6.45) is 1.64. The minimum absolute atomic E-state index is 1.01. The fourth-order valence-electron chi connectivity index (χ4n) is 1.49. The average molecular weight is 233 g/mol. The maximum atomic E-state index is 4.33. The van der Waals surface area contributed by atoms with Gasteiger partial charge in [-0.2, -0.15) is 0 Å². The summed E-state index contributed by atoms with van der Waals surface area (Å²) in [6, 6.07) is 8.12. The summed E-state index contributed by atoms with van der Waals surface area (Å²) < 4.78 is 0. The van der Waals surface area contributed by atoms with Gasteiger partial charge >= 0.3 is 0 Å². The maximum absolute atomic E-state index is 4.33. The Bertz CT molecular complexity index is 453. The number of hydrogen-bond acceptors (Lipinski definition) is 4. The lowest BCUT2D eigenvalue weighted by molar-refractivity contribution is 0.768. The Morgan fingerprint density at radius 1 is 1.25 bits per heavy atom. The van der Waals surface area contributed by atoms with Crippen molar-refractivity contribution in [3.63, 3.8) is 0 Å². The third kappa shape index (κ3) is 2.71. The zero-order valence-electron chi connectivity index (χ0n) is 9.31. The number of thioether (sulfide) groups is 1. The molecule has 0 spiro atoms. The van der Waals surface area contributed by atoms with Gasteiger partial charge in [-0.15, -0.1) is 11.8 Å². The van der Waals surface area contributed by atoms with Gasteiger partial charge in [-0.05, 0) is 12.6 Å². The highest BCUT2D eigenvalue weighted by molar-refractivity contribution is 7.99. The van der Waals surface area contributed by atoms with Crippen molar-refractivity contribution in [2.24, 2.45) is 0 Å². The van der Waals surface area contributed by atoms with Crippen LogP contribution in [-0.4, -0.2) is 28.8 Å². The van der Waals surface area contributed by atoms with Crippen molar-refractivity contribution in [3.8, 4) is 0 Å². The first-order valence-corrected chi connectivity index (χ1v) is 6.43. The van der Waals surface area contributed by atoms with Crippen molar-refractivity contribution in [2.75, 3.05) is 18.8 Å². The second-order valence-electron chi connectivity index (χ2n) is 3.40. The molecule has 0 saturated carbocycles. The largest absolute Gasteiger partial charge is 0.316 e. The first-order chi connectivity index (χ1) is 7.92. The molecular formula is C12H15N3S. The van der Waals surface area contributed by atoms with Gasteiger partial charge in [0.1, 0.15) is 11.4 Å². The molecule has 16 heavy (non-hydrogen) atoms. The molecule has 0 atom stereocenters. The Kier molecular flexibility index (Phi) is 4.13. The van der Waals surface area contributed by atoms with E-state index in [4.69, 9.17) is 0 Å². The molecule has 2 aromatic rings. The van der Waals surface area contributed by atoms with E-state index in [2.05, 4.69) is 28.3 Å². The Labute approximate surface area is 99.7 Å². The van der Waals surface area contributed by atoms with E-state index in [0.717, 1.165) is 34.8 Å². The van der Waals surface area contributed by atoms with Gasteiger partial charge in [-0.3, -0.25) is 0 Å². The fourth-order valence-corrected chi connectivity index (χ4v) is 2.38. The van der Waals surface area contributed by atoms with Crippen LogP contribution < -0.4 is 5.32 Å². The molecule has 4 heteroatoms. The van der Waals surface area contributed by atoms with E-state index in [9.17, 15) is 0 Å². The Morgan fingerprint density at radius 2 is 2.12 bits per heavy atom. The molecular weight excluding hydrogens is 218 g/mol. The van der Waals surface area contributed by atoms with Crippen LogP contribution in [0, 0.1) is 0 Å². The number of nitrogens with zero attached hydrogens (tertiary/aromatic N) is 2. The smallest absolute Gasteiger partial charge is 0.117 e. The Hall–Kier alpha value is -1.13. The molecule has 1 aromatic carbocycles. The van der Waals surface area contributed by atoms with Crippen LogP contribution in [0.3, 0.4) is 0 Å². The highest BCUT2D eigenvalue weighted by Gasteiger charge is 2.02. The number of aromatic nitrogens is 2. The van der Waals surface area contributed by atoms with Crippen LogP contribution in [-0.2, 0) is 0 Å². The third-order valence-electron chi connectivity index (χ3n) is 2.27. The predicted molar refractivity (Wildman–Crippen MR) is 68.8 cm³/mol. The molecule has 1 aromatic heterocycles. The maximum Gasteiger partial charge on any atom is 0.117 e. The second kappa shape index (κ2) is 5.82. The minimum Gasteiger partial charge on any atom is -0.316 e. The summed E-state index contributed by atoms with van der Waals surface area (Å²) in [4.78, 5) is 8.57. The van der Waals surface area contributed by atoms with Crippen molar-refractivity contribution >= 4 is 22.7 Å². The zero-order chi connectivity index (χ0) is 11.2. The van der Waals surface area contributed by atoms with Crippen LogP contribution in [0.15, 0.2) is 35.6 Å². The molecule has 0 bridgehead atoms. The van der Waals surface area contributed by atoms with E-state index in [1.165, 1.54) is 0 Å². The number of hydrogen-bond donors (Lipinski definition) is 1. The van der Waals surface area contributed by atoms with Gasteiger partial charge in [-0.1, -0.05) is 25.1 Å². The zero-order valence-corrected chi connectivity index (χ0v) is 10.1. The summed E-state index contributed by atoms with van der Waals surface area (Å²) in [7, 11) is 0. The number of nitrogens with one attached hydrogen (secondary N) is 1. The summed E-state index contributed by atoms with van der Waals surface area (Å²) in [5.74, 6) is 1.04. The lowest BCUT2D eigenvalue weighted by atomic mass is 10.2. The van der Waals surface area contributed by atoms with E-state index in [1.807, 2.05) is 18.2 Å². The van der Waals surface area contributed by atoms with Gasteiger partial charge in [0.15, 0.2) is 0 Å². The molecule has 0 unspecified atom stereocenters. The van der Waals surface area contributed by atoms with Crippen LogP contribution in [0.25, 0.3) is 10.9 Å². The number of rotatable bonds is 5. The van der Waals surface area contributed by atoms with Crippen LogP contribution in [0.2, 0.25) is 0 Å². The molecule has 0 aliphatic rings. The average Bonchev–Trinajstić information content (AvgIpc) is 2.35. The minimum atomic E-state index is 1.01. The summed E-state index contributed by atoms with van der Waals surface area (Å²) in [6.45, 7) is 4.15. The van der Waals surface area contributed by atoms with Crippen molar-refractivity contribution in [2.45, 2.75) is 11.9 Å². The molecule has 0 fully saturated rings. The van der Waals surface area contributed by atoms with E-state index < -0.39 is 0 Å². The van der Waals surface area contributed by atoms with Crippen molar-refractivity contribution in [1.29, 1.82) is 0 Å². The van der Waals surface area contributed by atoms with Gasteiger partial charge in [0.2, 0.25) is 0 Å². The van der Waals surface area contributed by atoms with Crippen LogP contribution in [0.1, 0.15) is 6.92 Å². The van der Waals surface area contributed by atoms with Crippen molar-refractivity contribution < 1.29 is 0 Å². The Balaban J connectivity index is 2.11. The molecule has 2 rings (SSSR count). The Morgan fingerprint density at radius 3 is 3.00 bits per heavy atom. The van der Waals surface area contributed by atoms with Crippen LogP contribution in [0.5, 0.6) is 0 Å². The standard InChI is InChI=1S/C12H15N3S/c1-2-13-7-8-16-12-10-5-3-4-6-11(10)14-9-15-12/h3-6,9,13H,2,7-8H2,1H3. The quantitative estimate of drug-likeness (QED) is 0.488. The van der Waals surface area contributed by atoms with Crippen molar-refractivity contribution in [1.82, 2.24) is 15.3 Å².